The Morgan fingerprint density at radius 2 is 1.59 bits per heavy atom. The van der Waals surface area contributed by atoms with Crippen LogP contribution in [0.3, 0.4) is 0 Å². The van der Waals surface area contributed by atoms with Crippen molar-refractivity contribution < 1.29 is 24.2 Å². The number of aliphatic hydroxyl groups excluding tert-OH is 1. The molecule has 2 aromatic carbocycles. The van der Waals surface area contributed by atoms with Crippen LogP contribution in [0.1, 0.15) is 30.5 Å². The topological polar surface area (TPSA) is 90.4 Å². The molecule has 2 aromatic rings. The summed E-state index contributed by atoms with van der Waals surface area (Å²) in [7, 11) is 0. The number of amides is 3. The average Bonchev–Trinajstić information content (AvgIpc) is 3.23. The first-order chi connectivity index (χ1) is 19.6. The van der Waals surface area contributed by atoms with Crippen LogP contribution in [0.15, 0.2) is 72.8 Å². The third-order valence-electron chi connectivity index (χ3n) is 9.24. The summed E-state index contributed by atoms with van der Waals surface area (Å²) in [5.41, 5.74) is 1.24. The Morgan fingerprint density at radius 3 is 2.27 bits per heavy atom. The van der Waals surface area contributed by atoms with Gasteiger partial charge in [-0.15, -0.1) is 0 Å². The summed E-state index contributed by atoms with van der Waals surface area (Å²) in [6.45, 7) is 8.29. The van der Waals surface area contributed by atoms with Crippen molar-refractivity contribution in [2.45, 2.75) is 57.5 Å². The van der Waals surface area contributed by atoms with Crippen molar-refractivity contribution in [1.82, 2.24) is 9.80 Å². The van der Waals surface area contributed by atoms with Crippen LogP contribution in [0.5, 0.6) is 0 Å². The number of hydrogen-bond acceptors (Lipinski definition) is 5. The van der Waals surface area contributed by atoms with E-state index in [9.17, 15) is 19.5 Å². The van der Waals surface area contributed by atoms with E-state index in [1.807, 2.05) is 93.6 Å². The zero-order valence-electron chi connectivity index (χ0n) is 24.0. The number of carbonyl (C=O) groups excluding carboxylic acids is 3. The lowest BCUT2D eigenvalue weighted by Gasteiger charge is -2.39. The fourth-order valence-electron chi connectivity index (χ4n) is 7.45. The fourth-order valence-corrected chi connectivity index (χ4v) is 7.45. The summed E-state index contributed by atoms with van der Waals surface area (Å²) in [6, 6.07) is 14.0. The molecule has 8 nitrogen and oxygen atoms in total. The van der Waals surface area contributed by atoms with Gasteiger partial charge in [-0.1, -0.05) is 72.8 Å². The van der Waals surface area contributed by atoms with Crippen LogP contribution in [0, 0.1) is 25.7 Å². The first-order valence-electron chi connectivity index (χ1n) is 14.3. The highest BCUT2D eigenvalue weighted by Crippen LogP contribution is 2.58. The van der Waals surface area contributed by atoms with Crippen LogP contribution in [-0.4, -0.2) is 75.6 Å². The number of hydrogen-bond donors (Lipinski definition) is 1. The first-order valence-corrected chi connectivity index (χ1v) is 14.3. The number of ether oxygens (including phenoxy) is 1. The van der Waals surface area contributed by atoms with Crippen LogP contribution in [0.4, 0.5) is 5.69 Å². The van der Waals surface area contributed by atoms with Gasteiger partial charge in [-0.3, -0.25) is 14.4 Å². The van der Waals surface area contributed by atoms with Crippen LogP contribution in [0.25, 0.3) is 0 Å². The van der Waals surface area contributed by atoms with Crippen molar-refractivity contribution in [2.24, 2.45) is 11.8 Å². The van der Waals surface area contributed by atoms with Crippen LogP contribution in [-0.2, 0) is 25.7 Å². The molecule has 0 aromatic heterocycles. The highest BCUT2D eigenvalue weighted by molar-refractivity contribution is 6.06. The minimum Gasteiger partial charge on any atom is -0.394 e. The minimum atomic E-state index is -1.36. The maximum atomic E-state index is 14.6. The van der Waals surface area contributed by atoms with Gasteiger partial charge >= 0.3 is 0 Å². The number of anilines is 1. The molecule has 0 aliphatic carbocycles. The van der Waals surface area contributed by atoms with Crippen LogP contribution >= 0.6 is 0 Å². The Hall–Kier alpha value is -3.75. The van der Waals surface area contributed by atoms with Crippen molar-refractivity contribution >= 4 is 23.4 Å². The van der Waals surface area contributed by atoms with E-state index < -0.39 is 35.1 Å². The van der Waals surface area contributed by atoms with Gasteiger partial charge in [-0.25, -0.2) is 0 Å². The number of rotatable bonds is 5. The van der Waals surface area contributed by atoms with E-state index in [0.29, 0.717) is 19.6 Å². The molecule has 4 aliphatic rings. The predicted octanol–water partition coefficient (Wildman–Crippen LogP) is 3.16. The van der Waals surface area contributed by atoms with E-state index >= 15 is 0 Å². The average molecular weight is 556 g/mol. The standard InChI is InChI=1S/C33H37N3O5/c1-21-11-8-12-22(2)27(21)35-18-10-16-33-26(30(39)36(23(3)20-37)28(33)31(35)40)25-29(38)34(17-9-15-32(25,4)41-33)19-24-13-6-5-7-14-24/h5-16,23,25-26,28,37H,17-20H2,1-4H3/t23-,25-,26+,28?,32+,33+/m1/s1. The molecule has 0 bridgehead atoms. The van der Waals surface area contributed by atoms with E-state index in [0.717, 1.165) is 22.4 Å². The number of fused-ring (bicyclic) bond motifs is 2. The Morgan fingerprint density at radius 1 is 0.902 bits per heavy atom. The van der Waals surface area contributed by atoms with Crippen molar-refractivity contribution in [2.75, 3.05) is 24.6 Å². The molecular formula is C33H37N3O5. The number of benzene rings is 2. The summed E-state index contributed by atoms with van der Waals surface area (Å²) in [5.74, 6) is -2.54. The molecule has 4 aliphatic heterocycles. The molecule has 214 valence electrons. The molecule has 1 N–H and O–H groups in total. The monoisotopic (exact) mass is 555 g/mol. The molecule has 6 rings (SSSR count). The molecule has 2 fully saturated rings. The van der Waals surface area contributed by atoms with E-state index in [-0.39, 0.29) is 24.3 Å². The predicted molar refractivity (Wildman–Crippen MR) is 155 cm³/mol. The molecule has 6 atom stereocenters. The second kappa shape index (κ2) is 9.96. The van der Waals surface area contributed by atoms with Gasteiger partial charge in [0, 0.05) is 25.3 Å². The molecule has 1 spiro atoms. The van der Waals surface area contributed by atoms with Crippen molar-refractivity contribution in [1.29, 1.82) is 0 Å². The maximum absolute atomic E-state index is 14.6. The van der Waals surface area contributed by atoms with Gasteiger partial charge in [0.2, 0.25) is 11.8 Å². The second-order valence-electron chi connectivity index (χ2n) is 12.0. The number of para-hydroxylation sites is 1. The lowest BCUT2D eigenvalue weighted by atomic mass is 9.74. The number of likely N-dealkylation sites (tertiary alicyclic amines) is 1. The Kier molecular flexibility index (Phi) is 6.66. The van der Waals surface area contributed by atoms with Crippen LogP contribution < -0.4 is 4.90 Å². The Balaban J connectivity index is 1.46. The number of nitrogens with zero attached hydrogens (tertiary/aromatic N) is 3. The fraction of sp³-hybridized carbons (Fsp3) is 0.424. The Bertz CT molecular complexity index is 1430. The van der Waals surface area contributed by atoms with Gasteiger partial charge in [0.15, 0.2) is 0 Å². The third-order valence-corrected chi connectivity index (χ3v) is 9.24. The van der Waals surface area contributed by atoms with Gasteiger partial charge in [-0.05, 0) is 44.4 Å². The zero-order chi connectivity index (χ0) is 29.1. The molecule has 2 saturated heterocycles. The Labute approximate surface area is 240 Å². The summed E-state index contributed by atoms with van der Waals surface area (Å²) in [4.78, 5) is 48.4. The van der Waals surface area contributed by atoms with Gasteiger partial charge in [0.25, 0.3) is 5.91 Å². The normalized spacial score (nSPS) is 31.6. The van der Waals surface area contributed by atoms with Gasteiger partial charge < -0.3 is 24.5 Å². The number of carbonyl (C=O) groups is 3. The molecule has 8 heteroatoms. The molecule has 0 saturated carbocycles. The van der Waals surface area contributed by atoms with Gasteiger partial charge in [0.1, 0.15) is 11.6 Å². The highest BCUT2D eigenvalue weighted by Gasteiger charge is 2.75. The first kappa shape index (κ1) is 27.4. The van der Waals surface area contributed by atoms with E-state index in [2.05, 4.69) is 0 Å². The van der Waals surface area contributed by atoms with Gasteiger partial charge in [0.05, 0.1) is 30.1 Å². The highest BCUT2D eigenvalue weighted by atomic mass is 16.5. The van der Waals surface area contributed by atoms with Crippen LogP contribution in [0.2, 0.25) is 0 Å². The lowest BCUT2D eigenvalue weighted by Crippen LogP contribution is -2.58. The summed E-state index contributed by atoms with van der Waals surface area (Å²) in [6.07, 6.45) is 7.56. The van der Waals surface area contributed by atoms with Gasteiger partial charge in [-0.2, -0.15) is 0 Å². The van der Waals surface area contributed by atoms with E-state index in [1.54, 1.807) is 16.7 Å². The molecular weight excluding hydrogens is 518 g/mol. The summed E-state index contributed by atoms with van der Waals surface area (Å²) in [5, 5.41) is 10.2. The zero-order valence-corrected chi connectivity index (χ0v) is 24.0. The smallest absolute Gasteiger partial charge is 0.253 e. The molecule has 0 radical (unpaired) electrons. The SMILES string of the molecule is Cc1cccc(C)c1N1CC=C[C@]23O[C@@]4(C)C=CCN(Cc5ccccc5)C(=O)[C@H]4[C@H]2C(=O)N([C@H](C)CO)C3C1=O. The van der Waals surface area contributed by atoms with E-state index in [4.69, 9.17) is 4.74 Å². The quantitative estimate of drug-likeness (QED) is 0.573. The second-order valence-corrected chi connectivity index (χ2v) is 12.0. The molecule has 1 unspecified atom stereocenters. The maximum Gasteiger partial charge on any atom is 0.253 e. The summed E-state index contributed by atoms with van der Waals surface area (Å²) < 4.78 is 6.89. The number of aliphatic hydroxyl groups is 1. The molecule has 4 heterocycles. The largest absolute Gasteiger partial charge is 0.394 e. The van der Waals surface area contributed by atoms with Crippen molar-refractivity contribution in [3.63, 3.8) is 0 Å². The number of aryl methyl sites for hydroxylation is 2. The lowest BCUT2D eigenvalue weighted by molar-refractivity contribution is -0.151. The third kappa shape index (κ3) is 4.07. The van der Waals surface area contributed by atoms with E-state index in [1.165, 1.54) is 4.90 Å². The molecule has 3 amide bonds. The molecule has 41 heavy (non-hydrogen) atoms. The summed E-state index contributed by atoms with van der Waals surface area (Å²) >= 11 is 0. The van der Waals surface area contributed by atoms with Crippen molar-refractivity contribution in [3.8, 4) is 0 Å². The van der Waals surface area contributed by atoms with Crippen molar-refractivity contribution in [3.05, 3.63) is 89.5 Å². The minimum absolute atomic E-state index is 0.175.